The van der Waals surface area contributed by atoms with E-state index in [2.05, 4.69) is 22.4 Å². The molecule has 0 bridgehead atoms. The van der Waals surface area contributed by atoms with Gasteiger partial charge in [0.05, 0.1) is 11.4 Å². The van der Waals surface area contributed by atoms with Crippen molar-refractivity contribution in [3.63, 3.8) is 0 Å². The van der Waals surface area contributed by atoms with Gasteiger partial charge in [-0.1, -0.05) is 26.7 Å². The van der Waals surface area contributed by atoms with Crippen LogP contribution in [0.1, 0.15) is 74.1 Å². The molecule has 0 aliphatic carbocycles. The van der Waals surface area contributed by atoms with E-state index >= 15 is 0 Å². The molecule has 33 heavy (non-hydrogen) atoms. The van der Waals surface area contributed by atoms with Crippen molar-refractivity contribution in [3.8, 4) is 0 Å². The van der Waals surface area contributed by atoms with E-state index in [1.54, 1.807) is 25.4 Å². The Labute approximate surface area is 199 Å². The summed E-state index contributed by atoms with van der Waals surface area (Å²) >= 11 is 1.61. The van der Waals surface area contributed by atoms with Crippen LogP contribution in [-0.4, -0.2) is 20.1 Å². The smallest absolute Gasteiger partial charge is 0.222 e. The number of benzene rings is 2. The van der Waals surface area contributed by atoms with E-state index in [1.165, 1.54) is 0 Å². The molecule has 0 spiro atoms. The Hall–Kier alpha value is -3.06. The second-order valence-electron chi connectivity index (χ2n) is 8.06. The number of hydrogen-bond acceptors (Lipinski definition) is 5. The van der Waals surface area contributed by atoms with Crippen LogP contribution in [0.5, 0.6) is 0 Å². The average Bonchev–Trinajstić information content (AvgIpc) is 3.12. The molecule has 3 aromatic rings. The first-order valence-electron chi connectivity index (χ1n) is 11.5. The van der Waals surface area contributed by atoms with Gasteiger partial charge in [-0.15, -0.1) is 0 Å². The van der Waals surface area contributed by atoms with E-state index in [-0.39, 0.29) is 11.6 Å². The highest BCUT2D eigenvalue weighted by atomic mass is 32.1. The summed E-state index contributed by atoms with van der Waals surface area (Å²) in [5.74, 6) is 0.0925. The summed E-state index contributed by atoms with van der Waals surface area (Å²) in [5.41, 5.74) is 3.86. The molecule has 2 aromatic carbocycles. The van der Waals surface area contributed by atoms with Crippen LogP contribution in [-0.2, 0) is 13.1 Å². The third-order valence-corrected chi connectivity index (χ3v) is 6.38. The summed E-state index contributed by atoms with van der Waals surface area (Å²) in [5, 5.41) is 0. The third-order valence-electron chi connectivity index (χ3n) is 5.34. The zero-order valence-electron chi connectivity index (χ0n) is 19.9. The summed E-state index contributed by atoms with van der Waals surface area (Å²) in [6, 6.07) is 14.8. The largest absolute Gasteiger partial charge is 0.295 e. The highest BCUT2D eigenvalue weighted by molar-refractivity contribution is 7.03. The second-order valence-corrected chi connectivity index (χ2v) is 9.05. The molecule has 0 amide bonds. The molecule has 7 heteroatoms. The monoisotopic (exact) mass is 464 g/mol. The lowest BCUT2D eigenvalue weighted by molar-refractivity contribution is 0.100. The molecule has 0 atom stereocenters. The zero-order valence-corrected chi connectivity index (χ0v) is 20.7. The Morgan fingerprint density at radius 3 is 1.73 bits per heavy atom. The molecule has 0 unspecified atom stereocenters. The summed E-state index contributed by atoms with van der Waals surface area (Å²) in [6.07, 6.45) is 4.23. The minimum atomic E-state index is 0.0463. The molecule has 1 heterocycles. The summed E-state index contributed by atoms with van der Waals surface area (Å²) < 4.78 is 4.39. The topological polar surface area (TPSA) is 68.7 Å². The lowest BCUT2D eigenvalue weighted by Crippen LogP contribution is -2.30. The Balaban J connectivity index is 2.16. The molecule has 0 N–H and O–H groups in total. The van der Waals surface area contributed by atoms with Crippen molar-refractivity contribution in [3.05, 3.63) is 70.1 Å². The molecule has 0 saturated carbocycles. The second kappa shape index (κ2) is 11.7. The number of carbonyl (C=O) groups is 2. The number of carbonyl (C=O) groups excluding carboxylic acids is 2. The first kappa shape index (κ1) is 24.6. The minimum absolute atomic E-state index is 0.0463. The quantitative estimate of drug-likeness (QED) is 0.355. The van der Waals surface area contributed by atoms with Gasteiger partial charge in [-0.25, -0.2) is 9.98 Å². The lowest BCUT2D eigenvalue weighted by atomic mass is 10.1. The highest BCUT2D eigenvalue weighted by Gasteiger charge is 2.09. The number of aryl methyl sites for hydroxylation is 1. The van der Waals surface area contributed by atoms with Crippen LogP contribution >= 0.6 is 11.5 Å². The Morgan fingerprint density at radius 2 is 1.24 bits per heavy atom. The van der Waals surface area contributed by atoms with Gasteiger partial charge in [0.15, 0.2) is 11.6 Å². The molecule has 6 nitrogen and oxygen atoms in total. The molecule has 0 saturated heterocycles. The Morgan fingerprint density at radius 1 is 0.758 bits per heavy atom. The Kier molecular flexibility index (Phi) is 8.72. The average molecular weight is 465 g/mol. The molecule has 0 radical (unpaired) electrons. The van der Waals surface area contributed by atoms with Gasteiger partial charge in [-0.3, -0.25) is 18.1 Å². The van der Waals surface area contributed by atoms with E-state index in [9.17, 15) is 9.59 Å². The van der Waals surface area contributed by atoms with Crippen molar-refractivity contribution < 1.29 is 9.59 Å². The third kappa shape index (κ3) is 6.48. The molecule has 0 aliphatic rings. The number of hydrogen-bond donors (Lipinski definition) is 0. The molecule has 174 valence electrons. The lowest BCUT2D eigenvalue weighted by Gasteiger charge is -2.05. The number of Topliss-reactive ketones (excluding diaryl/α,β-unsaturated/α-hetero) is 2. The maximum absolute atomic E-state index is 11.6. The molecule has 0 aliphatic heterocycles. The van der Waals surface area contributed by atoms with Crippen molar-refractivity contribution in [2.24, 2.45) is 9.98 Å². The van der Waals surface area contributed by atoms with Crippen LogP contribution in [0.4, 0.5) is 11.4 Å². The number of rotatable bonds is 10. The van der Waals surface area contributed by atoms with Crippen LogP contribution in [0.25, 0.3) is 0 Å². The van der Waals surface area contributed by atoms with E-state index in [0.717, 1.165) is 60.6 Å². The van der Waals surface area contributed by atoms with Crippen LogP contribution in [0.3, 0.4) is 0 Å². The van der Waals surface area contributed by atoms with Crippen molar-refractivity contribution in [2.45, 2.75) is 66.5 Å². The Bertz CT molecular complexity index is 1230. The number of ketones is 2. The number of unbranched alkanes of at least 4 members (excludes halogenated alkanes) is 2. The molecule has 1 aromatic heterocycles. The fraction of sp³-hybridized carbons (Fsp3) is 0.385. The van der Waals surface area contributed by atoms with Gasteiger partial charge >= 0.3 is 0 Å². The standard InChI is InChI=1S/C26H32N4O2S/c1-5-7-17-29-25(27-23-13-9-21(10-14-23)19(3)31)30(18-8-6-2)33-26(29)28-24-15-11-22(12-16-24)20(4)32/h9-16H,5-8,17-18H2,1-4H3. The summed E-state index contributed by atoms with van der Waals surface area (Å²) in [4.78, 5) is 34.0. The predicted molar refractivity (Wildman–Crippen MR) is 133 cm³/mol. The minimum Gasteiger partial charge on any atom is -0.295 e. The van der Waals surface area contributed by atoms with E-state index in [1.807, 2.05) is 48.5 Å². The van der Waals surface area contributed by atoms with Gasteiger partial charge in [0.2, 0.25) is 10.4 Å². The molecule has 3 rings (SSSR count). The highest BCUT2D eigenvalue weighted by Crippen LogP contribution is 2.15. The van der Waals surface area contributed by atoms with Gasteiger partial charge in [0, 0.05) is 24.2 Å². The first-order chi connectivity index (χ1) is 15.9. The predicted octanol–water partition coefficient (Wildman–Crippen LogP) is 5.82. The van der Waals surface area contributed by atoms with Crippen LogP contribution in [0.15, 0.2) is 58.5 Å². The van der Waals surface area contributed by atoms with Crippen molar-refractivity contribution >= 4 is 34.5 Å². The number of nitrogens with zero attached hydrogens (tertiary/aromatic N) is 4. The van der Waals surface area contributed by atoms with E-state index in [0.29, 0.717) is 11.1 Å². The van der Waals surface area contributed by atoms with E-state index < -0.39 is 0 Å². The first-order valence-corrected chi connectivity index (χ1v) is 12.3. The van der Waals surface area contributed by atoms with E-state index in [4.69, 9.17) is 9.98 Å². The van der Waals surface area contributed by atoms with Gasteiger partial charge in [-0.2, -0.15) is 0 Å². The van der Waals surface area contributed by atoms with Gasteiger partial charge in [-0.05, 0) is 86.8 Å². The fourth-order valence-corrected chi connectivity index (χ4v) is 4.39. The number of aromatic nitrogens is 2. The van der Waals surface area contributed by atoms with Crippen molar-refractivity contribution in [1.82, 2.24) is 8.52 Å². The van der Waals surface area contributed by atoms with Gasteiger partial charge in [0.25, 0.3) is 0 Å². The maximum atomic E-state index is 11.6. The van der Waals surface area contributed by atoms with Crippen LogP contribution in [0.2, 0.25) is 0 Å². The van der Waals surface area contributed by atoms with Crippen LogP contribution < -0.4 is 10.4 Å². The normalized spacial score (nSPS) is 12.4. The zero-order chi connectivity index (χ0) is 23.8. The van der Waals surface area contributed by atoms with Crippen molar-refractivity contribution in [2.75, 3.05) is 0 Å². The summed E-state index contributed by atoms with van der Waals surface area (Å²) in [6.45, 7) is 9.18. The van der Waals surface area contributed by atoms with Gasteiger partial charge < -0.3 is 0 Å². The fourth-order valence-electron chi connectivity index (χ4n) is 3.33. The van der Waals surface area contributed by atoms with Crippen molar-refractivity contribution in [1.29, 1.82) is 0 Å². The maximum Gasteiger partial charge on any atom is 0.222 e. The molecule has 0 fully saturated rings. The van der Waals surface area contributed by atoms with Gasteiger partial charge in [0.1, 0.15) is 0 Å². The van der Waals surface area contributed by atoms with Crippen LogP contribution in [0, 0.1) is 0 Å². The molecular weight excluding hydrogens is 432 g/mol. The molecular formula is C26H32N4O2S. The summed E-state index contributed by atoms with van der Waals surface area (Å²) in [7, 11) is 0. The SMILES string of the molecule is CCCCn1sc(=Nc2ccc(C(C)=O)cc2)n(CCCC)c1=Nc1ccc(C(C)=O)cc1.